The second-order valence-electron chi connectivity index (χ2n) is 5.56. The zero-order valence-electron chi connectivity index (χ0n) is 10.9. The molecule has 94 valence electrons. The fourth-order valence-corrected chi connectivity index (χ4v) is 3.53. The first kappa shape index (κ1) is 10.8. The SMILES string of the molecule is CN1C[C@H](C#N)C=C2c3cccc4[nH]cc(c34)C[C@H]21. The normalized spacial score (nSPS) is 25.8. The molecule has 2 aliphatic rings. The van der Waals surface area contributed by atoms with Gasteiger partial charge in [0.1, 0.15) is 0 Å². The standard InChI is InChI=1S/C16H15N3/c1-19-9-10(7-17)5-13-12-3-2-4-14-16(12)11(8-18-14)6-15(13)19/h2-5,8,10,15,18H,6,9H2,1H3/t10-,15+/m0/s1. The van der Waals surface area contributed by atoms with Gasteiger partial charge in [-0.1, -0.05) is 18.2 Å². The zero-order valence-corrected chi connectivity index (χ0v) is 10.9. The maximum Gasteiger partial charge on any atom is 0.0777 e. The largest absolute Gasteiger partial charge is 0.361 e. The molecule has 0 bridgehead atoms. The third-order valence-corrected chi connectivity index (χ3v) is 4.43. The maximum absolute atomic E-state index is 9.22. The molecule has 0 fully saturated rings. The minimum absolute atomic E-state index is 0.00648. The highest BCUT2D eigenvalue weighted by atomic mass is 15.1. The van der Waals surface area contributed by atoms with Gasteiger partial charge in [0.2, 0.25) is 0 Å². The van der Waals surface area contributed by atoms with E-state index in [1.807, 2.05) is 0 Å². The lowest BCUT2D eigenvalue weighted by atomic mass is 9.80. The van der Waals surface area contributed by atoms with Crippen molar-refractivity contribution in [1.82, 2.24) is 9.88 Å². The first-order chi connectivity index (χ1) is 9.28. The predicted octanol–water partition coefficient (Wildman–Crippen LogP) is 2.56. The fourth-order valence-electron chi connectivity index (χ4n) is 3.53. The average Bonchev–Trinajstić information content (AvgIpc) is 2.85. The van der Waals surface area contributed by atoms with Crippen molar-refractivity contribution in [2.24, 2.45) is 5.92 Å². The van der Waals surface area contributed by atoms with Crippen LogP contribution in [0.2, 0.25) is 0 Å². The van der Waals surface area contributed by atoms with Crippen LogP contribution in [-0.2, 0) is 6.42 Å². The van der Waals surface area contributed by atoms with Gasteiger partial charge in [0.15, 0.2) is 0 Å². The van der Waals surface area contributed by atoms with E-state index in [0.29, 0.717) is 6.04 Å². The van der Waals surface area contributed by atoms with Gasteiger partial charge in [-0.2, -0.15) is 5.26 Å². The number of fused-ring (bicyclic) bond motifs is 2. The van der Waals surface area contributed by atoms with Crippen LogP contribution in [0.3, 0.4) is 0 Å². The van der Waals surface area contributed by atoms with E-state index in [4.69, 9.17) is 0 Å². The van der Waals surface area contributed by atoms with Crippen LogP contribution in [0, 0.1) is 17.2 Å². The third-order valence-electron chi connectivity index (χ3n) is 4.43. The Labute approximate surface area is 112 Å². The number of likely N-dealkylation sites (N-methyl/N-ethyl adjacent to an activating group) is 1. The Morgan fingerprint density at radius 1 is 1.42 bits per heavy atom. The van der Waals surface area contributed by atoms with Gasteiger partial charge in [0.25, 0.3) is 0 Å². The van der Waals surface area contributed by atoms with Crippen molar-refractivity contribution in [3.63, 3.8) is 0 Å². The summed E-state index contributed by atoms with van der Waals surface area (Å²) in [5.41, 5.74) is 5.23. The van der Waals surface area contributed by atoms with Crippen molar-refractivity contribution in [2.45, 2.75) is 12.5 Å². The smallest absolute Gasteiger partial charge is 0.0777 e. The number of nitrogens with zero attached hydrogens (tertiary/aromatic N) is 2. The van der Waals surface area contributed by atoms with E-state index >= 15 is 0 Å². The molecule has 1 aliphatic carbocycles. The summed E-state index contributed by atoms with van der Waals surface area (Å²) in [6.07, 6.45) is 5.35. The molecule has 1 aromatic carbocycles. The van der Waals surface area contributed by atoms with Crippen LogP contribution in [0.1, 0.15) is 11.1 Å². The number of aromatic nitrogens is 1. The van der Waals surface area contributed by atoms with Crippen LogP contribution in [0.15, 0.2) is 30.5 Å². The molecule has 0 spiro atoms. The molecule has 2 atom stereocenters. The third kappa shape index (κ3) is 1.41. The number of aromatic amines is 1. The van der Waals surface area contributed by atoms with E-state index in [1.54, 1.807) is 0 Å². The lowest BCUT2D eigenvalue weighted by molar-refractivity contribution is 0.263. The summed E-state index contributed by atoms with van der Waals surface area (Å²) in [5, 5.41) is 10.6. The van der Waals surface area contributed by atoms with Gasteiger partial charge in [-0.25, -0.2) is 0 Å². The van der Waals surface area contributed by atoms with Gasteiger partial charge in [0.05, 0.1) is 12.0 Å². The Bertz CT molecular complexity index is 732. The van der Waals surface area contributed by atoms with Gasteiger partial charge in [-0.3, -0.25) is 4.90 Å². The number of H-pyrrole nitrogens is 1. The lowest BCUT2D eigenvalue weighted by Gasteiger charge is -2.38. The van der Waals surface area contributed by atoms with E-state index in [1.165, 1.54) is 27.6 Å². The summed E-state index contributed by atoms with van der Waals surface area (Å²) >= 11 is 0. The van der Waals surface area contributed by atoms with E-state index in [0.717, 1.165) is 13.0 Å². The second kappa shape index (κ2) is 3.72. The van der Waals surface area contributed by atoms with Crippen molar-refractivity contribution < 1.29 is 0 Å². The van der Waals surface area contributed by atoms with E-state index in [9.17, 15) is 5.26 Å². The molecule has 3 nitrogen and oxygen atoms in total. The van der Waals surface area contributed by atoms with Crippen molar-refractivity contribution in [1.29, 1.82) is 5.26 Å². The quantitative estimate of drug-likeness (QED) is 0.779. The minimum Gasteiger partial charge on any atom is -0.361 e. The Morgan fingerprint density at radius 2 is 2.32 bits per heavy atom. The Morgan fingerprint density at radius 3 is 3.16 bits per heavy atom. The molecular weight excluding hydrogens is 234 g/mol. The molecule has 1 N–H and O–H groups in total. The molecule has 0 radical (unpaired) electrons. The molecule has 0 amide bonds. The molecule has 3 heteroatoms. The van der Waals surface area contributed by atoms with Crippen LogP contribution in [0.5, 0.6) is 0 Å². The molecule has 2 aromatic rings. The molecule has 1 aromatic heterocycles. The average molecular weight is 249 g/mol. The van der Waals surface area contributed by atoms with Gasteiger partial charge in [0, 0.05) is 29.7 Å². The Balaban J connectivity index is 2.00. The van der Waals surface area contributed by atoms with Gasteiger partial charge >= 0.3 is 0 Å². The molecule has 1 aliphatic heterocycles. The van der Waals surface area contributed by atoms with Crippen LogP contribution in [-0.4, -0.2) is 29.5 Å². The Hall–Kier alpha value is -2.05. The van der Waals surface area contributed by atoms with Crippen molar-refractivity contribution in [3.8, 4) is 6.07 Å². The highest BCUT2D eigenvalue weighted by molar-refractivity contribution is 5.98. The molecule has 0 saturated heterocycles. The summed E-state index contributed by atoms with van der Waals surface area (Å²) in [4.78, 5) is 5.68. The number of nitrogens with one attached hydrogen (secondary N) is 1. The number of hydrogen-bond donors (Lipinski definition) is 1. The molecule has 4 rings (SSSR count). The maximum atomic E-state index is 9.22. The lowest BCUT2D eigenvalue weighted by Crippen LogP contribution is -2.42. The highest BCUT2D eigenvalue weighted by Crippen LogP contribution is 2.40. The monoisotopic (exact) mass is 249 g/mol. The predicted molar refractivity (Wildman–Crippen MR) is 75.5 cm³/mol. The molecule has 2 heterocycles. The highest BCUT2D eigenvalue weighted by Gasteiger charge is 2.33. The number of benzene rings is 1. The van der Waals surface area contributed by atoms with E-state index < -0.39 is 0 Å². The van der Waals surface area contributed by atoms with Crippen LogP contribution >= 0.6 is 0 Å². The van der Waals surface area contributed by atoms with Crippen LogP contribution in [0.4, 0.5) is 0 Å². The van der Waals surface area contributed by atoms with Crippen molar-refractivity contribution in [3.05, 3.63) is 41.6 Å². The minimum atomic E-state index is 0.00648. The summed E-state index contributed by atoms with van der Waals surface area (Å²) in [6, 6.07) is 9.21. The van der Waals surface area contributed by atoms with E-state index in [-0.39, 0.29) is 5.92 Å². The summed E-state index contributed by atoms with van der Waals surface area (Å²) < 4.78 is 0. The summed E-state index contributed by atoms with van der Waals surface area (Å²) in [7, 11) is 2.12. The molecule has 0 saturated carbocycles. The van der Waals surface area contributed by atoms with Gasteiger partial charge in [-0.05, 0) is 36.2 Å². The number of nitriles is 1. The Kier molecular flexibility index (Phi) is 2.12. The first-order valence-electron chi connectivity index (χ1n) is 6.69. The first-order valence-corrected chi connectivity index (χ1v) is 6.69. The van der Waals surface area contributed by atoms with Gasteiger partial charge < -0.3 is 4.98 Å². The molecule has 19 heavy (non-hydrogen) atoms. The summed E-state index contributed by atoms with van der Waals surface area (Å²) in [5.74, 6) is 0.00648. The topological polar surface area (TPSA) is 42.8 Å². The van der Waals surface area contributed by atoms with Crippen molar-refractivity contribution >= 4 is 16.5 Å². The van der Waals surface area contributed by atoms with Crippen LogP contribution < -0.4 is 0 Å². The molecular formula is C16H15N3. The molecule has 0 unspecified atom stereocenters. The van der Waals surface area contributed by atoms with Crippen molar-refractivity contribution in [2.75, 3.05) is 13.6 Å². The summed E-state index contributed by atoms with van der Waals surface area (Å²) in [6.45, 7) is 0.834. The number of hydrogen-bond acceptors (Lipinski definition) is 2. The zero-order chi connectivity index (χ0) is 13.0. The number of rotatable bonds is 0. The van der Waals surface area contributed by atoms with E-state index in [2.05, 4.69) is 53.5 Å². The van der Waals surface area contributed by atoms with Crippen LogP contribution in [0.25, 0.3) is 16.5 Å². The second-order valence-corrected chi connectivity index (χ2v) is 5.56. The fraction of sp³-hybridized carbons (Fsp3) is 0.312. The van der Waals surface area contributed by atoms with Gasteiger partial charge in [-0.15, -0.1) is 0 Å².